The summed E-state index contributed by atoms with van der Waals surface area (Å²) in [6, 6.07) is 2.70. The van der Waals surface area contributed by atoms with Crippen molar-refractivity contribution in [1.29, 1.82) is 0 Å². The summed E-state index contributed by atoms with van der Waals surface area (Å²) in [5, 5.41) is 3.10. The number of carbonyl (C=O) groups excluding carboxylic acids is 1. The van der Waals surface area contributed by atoms with Gasteiger partial charge in [0.05, 0.1) is 11.6 Å². The molecule has 0 aliphatic carbocycles. The Hall–Kier alpha value is -2.41. The SMILES string of the molecule is CCn1ccnc1[C@@H](NC(=O)c1ccc(=O)[nH]c1)C1CCOCC1. The van der Waals surface area contributed by atoms with Crippen molar-refractivity contribution in [2.75, 3.05) is 13.2 Å². The van der Waals surface area contributed by atoms with Crippen LogP contribution >= 0.6 is 0 Å². The fourth-order valence-electron chi connectivity index (χ4n) is 3.09. The van der Waals surface area contributed by atoms with Gasteiger partial charge in [-0.05, 0) is 31.7 Å². The van der Waals surface area contributed by atoms with Gasteiger partial charge in [-0.15, -0.1) is 0 Å². The topological polar surface area (TPSA) is 89.0 Å². The fourth-order valence-corrected chi connectivity index (χ4v) is 3.09. The lowest BCUT2D eigenvalue weighted by atomic mass is 9.90. The second kappa shape index (κ2) is 7.44. The molecule has 0 radical (unpaired) electrons. The van der Waals surface area contributed by atoms with E-state index in [1.165, 1.54) is 18.3 Å². The Morgan fingerprint density at radius 3 is 2.92 bits per heavy atom. The minimum atomic E-state index is -0.228. The van der Waals surface area contributed by atoms with Gasteiger partial charge in [0, 0.05) is 44.4 Å². The maximum Gasteiger partial charge on any atom is 0.253 e. The molecular formula is C17H22N4O3. The van der Waals surface area contributed by atoms with Gasteiger partial charge in [0.25, 0.3) is 5.91 Å². The smallest absolute Gasteiger partial charge is 0.253 e. The highest BCUT2D eigenvalue weighted by atomic mass is 16.5. The number of imidazole rings is 1. The van der Waals surface area contributed by atoms with Crippen molar-refractivity contribution in [3.05, 3.63) is 52.5 Å². The van der Waals surface area contributed by atoms with Crippen molar-refractivity contribution in [3.63, 3.8) is 0 Å². The molecule has 24 heavy (non-hydrogen) atoms. The van der Waals surface area contributed by atoms with Gasteiger partial charge in [0.1, 0.15) is 5.82 Å². The summed E-state index contributed by atoms with van der Waals surface area (Å²) in [4.78, 5) is 30.8. The number of pyridine rings is 1. The molecule has 0 bridgehead atoms. The number of aromatic amines is 1. The van der Waals surface area contributed by atoms with Gasteiger partial charge in [-0.25, -0.2) is 4.98 Å². The number of rotatable bonds is 5. The highest BCUT2D eigenvalue weighted by molar-refractivity contribution is 5.94. The Morgan fingerprint density at radius 2 is 2.25 bits per heavy atom. The molecule has 1 amide bonds. The van der Waals surface area contributed by atoms with E-state index in [1.807, 2.05) is 10.8 Å². The fraction of sp³-hybridized carbons (Fsp3) is 0.471. The van der Waals surface area contributed by atoms with Crippen molar-refractivity contribution in [2.24, 2.45) is 5.92 Å². The molecule has 1 atom stereocenters. The zero-order valence-electron chi connectivity index (χ0n) is 13.7. The lowest BCUT2D eigenvalue weighted by molar-refractivity contribution is 0.0498. The Labute approximate surface area is 140 Å². The minimum Gasteiger partial charge on any atom is -0.381 e. The van der Waals surface area contributed by atoms with Crippen molar-refractivity contribution in [3.8, 4) is 0 Å². The van der Waals surface area contributed by atoms with E-state index in [9.17, 15) is 9.59 Å². The summed E-state index contributed by atoms with van der Waals surface area (Å²) < 4.78 is 7.50. The first kappa shape index (κ1) is 16.4. The lowest BCUT2D eigenvalue weighted by Crippen LogP contribution is -2.37. The van der Waals surface area contributed by atoms with E-state index in [-0.39, 0.29) is 23.4 Å². The quantitative estimate of drug-likeness (QED) is 0.869. The predicted octanol–water partition coefficient (Wildman–Crippen LogP) is 1.49. The van der Waals surface area contributed by atoms with E-state index < -0.39 is 0 Å². The van der Waals surface area contributed by atoms with E-state index in [0.29, 0.717) is 18.8 Å². The molecule has 2 aromatic rings. The van der Waals surface area contributed by atoms with E-state index in [4.69, 9.17) is 4.74 Å². The monoisotopic (exact) mass is 330 g/mol. The summed E-state index contributed by atoms with van der Waals surface area (Å²) in [6.45, 7) is 4.24. The largest absolute Gasteiger partial charge is 0.381 e. The van der Waals surface area contributed by atoms with Crippen molar-refractivity contribution >= 4 is 5.91 Å². The molecule has 0 aromatic carbocycles. The standard InChI is InChI=1S/C17H22N4O3/c1-2-21-8-7-18-16(21)15(12-5-9-24-10-6-12)20-17(23)13-3-4-14(22)19-11-13/h3-4,7-8,11-12,15H,2,5-6,9-10H2,1H3,(H,19,22)(H,20,23)/t15-/m0/s1. The number of nitrogens with one attached hydrogen (secondary N) is 2. The maximum absolute atomic E-state index is 12.6. The van der Waals surface area contributed by atoms with Gasteiger partial charge >= 0.3 is 0 Å². The van der Waals surface area contributed by atoms with Gasteiger partial charge in [0.2, 0.25) is 5.56 Å². The molecular weight excluding hydrogens is 308 g/mol. The number of H-pyrrole nitrogens is 1. The number of amides is 1. The molecule has 1 aliphatic rings. The van der Waals surface area contributed by atoms with Crippen LogP contribution in [0.15, 0.2) is 35.5 Å². The molecule has 0 unspecified atom stereocenters. The van der Waals surface area contributed by atoms with Crippen LogP contribution in [0.4, 0.5) is 0 Å². The molecule has 1 aliphatic heterocycles. The average Bonchev–Trinajstić information content (AvgIpc) is 3.09. The molecule has 128 valence electrons. The number of hydrogen-bond donors (Lipinski definition) is 2. The minimum absolute atomic E-state index is 0.178. The Balaban J connectivity index is 1.85. The second-order valence-corrected chi connectivity index (χ2v) is 5.91. The van der Waals surface area contributed by atoms with E-state index in [1.54, 1.807) is 6.20 Å². The number of carbonyl (C=O) groups is 1. The zero-order valence-corrected chi connectivity index (χ0v) is 13.7. The summed E-state index contributed by atoms with van der Waals surface area (Å²) in [7, 11) is 0. The third-order valence-corrected chi connectivity index (χ3v) is 4.44. The normalized spacial score (nSPS) is 16.7. The molecule has 3 heterocycles. The van der Waals surface area contributed by atoms with Crippen molar-refractivity contribution < 1.29 is 9.53 Å². The Morgan fingerprint density at radius 1 is 1.46 bits per heavy atom. The molecule has 7 heteroatoms. The van der Waals surface area contributed by atoms with Crippen LogP contribution in [-0.2, 0) is 11.3 Å². The molecule has 7 nitrogen and oxygen atoms in total. The van der Waals surface area contributed by atoms with E-state index in [2.05, 4.69) is 22.2 Å². The Bertz CT molecular complexity index is 726. The summed E-state index contributed by atoms with van der Waals surface area (Å²) in [5.41, 5.74) is 0.204. The van der Waals surface area contributed by atoms with Gasteiger partial charge in [-0.3, -0.25) is 9.59 Å². The molecule has 2 aromatic heterocycles. The van der Waals surface area contributed by atoms with Crippen molar-refractivity contribution in [1.82, 2.24) is 19.9 Å². The van der Waals surface area contributed by atoms with Crippen LogP contribution < -0.4 is 10.9 Å². The van der Waals surface area contributed by atoms with Crippen LogP contribution in [0.5, 0.6) is 0 Å². The van der Waals surface area contributed by atoms with Crippen LogP contribution in [-0.4, -0.2) is 33.7 Å². The molecule has 1 saturated heterocycles. The van der Waals surface area contributed by atoms with E-state index in [0.717, 1.165) is 25.2 Å². The van der Waals surface area contributed by atoms with Crippen molar-refractivity contribution in [2.45, 2.75) is 32.4 Å². The maximum atomic E-state index is 12.6. The van der Waals surface area contributed by atoms with Gasteiger partial charge in [-0.1, -0.05) is 0 Å². The first-order valence-electron chi connectivity index (χ1n) is 8.27. The third kappa shape index (κ3) is 3.56. The lowest BCUT2D eigenvalue weighted by Gasteiger charge is -2.31. The van der Waals surface area contributed by atoms with E-state index >= 15 is 0 Å². The number of ether oxygens (including phenoxy) is 1. The number of hydrogen-bond acceptors (Lipinski definition) is 4. The molecule has 0 spiro atoms. The summed E-state index contributed by atoms with van der Waals surface area (Å²) >= 11 is 0. The first-order valence-corrected chi connectivity index (χ1v) is 8.27. The number of aryl methyl sites for hydroxylation is 1. The molecule has 0 saturated carbocycles. The summed E-state index contributed by atoms with van der Waals surface area (Å²) in [5.74, 6) is 0.925. The van der Waals surface area contributed by atoms with Crippen LogP contribution in [0.2, 0.25) is 0 Å². The van der Waals surface area contributed by atoms with Crippen LogP contribution in [0.1, 0.15) is 42.0 Å². The van der Waals surface area contributed by atoms with Gasteiger partial charge in [0.15, 0.2) is 0 Å². The van der Waals surface area contributed by atoms with Crippen LogP contribution in [0, 0.1) is 5.92 Å². The van der Waals surface area contributed by atoms with Crippen LogP contribution in [0.25, 0.3) is 0 Å². The number of nitrogens with zero attached hydrogens (tertiary/aromatic N) is 2. The van der Waals surface area contributed by atoms with Gasteiger partial charge in [-0.2, -0.15) is 0 Å². The second-order valence-electron chi connectivity index (χ2n) is 5.91. The first-order chi connectivity index (χ1) is 11.7. The average molecular weight is 330 g/mol. The van der Waals surface area contributed by atoms with Crippen LogP contribution in [0.3, 0.4) is 0 Å². The predicted molar refractivity (Wildman–Crippen MR) is 88.7 cm³/mol. The molecule has 2 N–H and O–H groups in total. The molecule has 3 rings (SSSR count). The highest BCUT2D eigenvalue weighted by Gasteiger charge is 2.30. The zero-order chi connectivity index (χ0) is 16.9. The molecule has 1 fully saturated rings. The summed E-state index contributed by atoms with van der Waals surface area (Å²) in [6.07, 6.45) is 6.89. The highest BCUT2D eigenvalue weighted by Crippen LogP contribution is 2.29. The van der Waals surface area contributed by atoms with Gasteiger partial charge < -0.3 is 19.6 Å². The third-order valence-electron chi connectivity index (χ3n) is 4.44. The number of aromatic nitrogens is 3. The Kier molecular flexibility index (Phi) is 5.10.